The van der Waals surface area contributed by atoms with Crippen LogP contribution < -0.4 is 5.73 Å². The van der Waals surface area contributed by atoms with Crippen LogP contribution in [0.5, 0.6) is 0 Å². The average Bonchev–Trinajstić information content (AvgIpc) is 2.43. The molecule has 2 rings (SSSR count). The van der Waals surface area contributed by atoms with E-state index in [1.807, 2.05) is 0 Å². The van der Waals surface area contributed by atoms with Crippen molar-refractivity contribution in [2.24, 2.45) is 0 Å². The highest BCUT2D eigenvalue weighted by molar-refractivity contribution is 7.84. The van der Waals surface area contributed by atoms with Gasteiger partial charge in [-0.1, -0.05) is 11.6 Å². The van der Waals surface area contributed by atoms with E-state index in [1.54, 1.807) is 0 Å². The van der Waals surface area contributed by atoms with E-state index in [-0.39, 0.29) is 27.0 Å². The lowest BCUT2D eigenvalue weighted by Crippen LogP contribution is -2.00. The number of halogens is 2. The van der Waals surface area contributed by atoms with Gasteiger partial charge in [0.2, 0.25) is 0 Å². The number of nitrogens with zero attached hydrogens (tertiary/aromatic N) is 1. The molecule has 0 heterocycles. The zero-order valence-corrected chi connectivity index (χ0v) is 12.2. The molecule has 0 aliphatic rings. The highest BCUT2D eigenvalue weighted by Gasteiger charge is 2.13. The molecule has 0 bridgehead atoms. The number of rotatable bonds is 4. The number of anilines is 1. The summed E-state index contributed by atoms with van der Waals surface area (Å²) in [6.45, 7) is 0. The van der Waals surface area contributed by atoms with Crippen LogP contribution in [0, 0.1) is 15.9 Å². The summed E-state index contributed by atoms with van der Waals surface area (Å²) in [5, 5.41) is 10.8. The topological polar surface area (TPSA) is 86.2 Å². The third kappa shape index (κ3) is 3.56. The van der Waals surface area contributed by atoms with Crippen molar-refractivity contribution in [1.29, 1.82) is 0 Å². The molecule has 2 N–H and O–H groups in total. The second-order valence-electron chi connectivity index (χ2n) is 4.21. The molecular weight excluding hydrogens is 319 g/mol. The lowest BCUT2D eigenvalue weighted by Gasteiger charge is -2.06. The van der Waals surface area contributed by atoms with Crippen molar-refractivity contribution in [3.05, 3.63) is 62.9 Å². The maximum atomic E-state index is 13.3. The monoisotopic (exact) mass is 328 g/mol. The summed E-state index contributed by atoms with van der Waals surface area (Å²) in [6, 6.07) is 7.81. The number of nitro groups is 1. The van der Waals surface area contributed by atoms with Crippen molar-refractivity contribution < 1.29 is 13.5 Å². The van der Waals surface area contributed by atoms with Gasteiger partial charge in [0.15, 0.2) is 0 Å². The molecule has 0 fully saturated rings. The van der Waals surface area contributed by atoms with Crippen LogP contribution in [0.1, 0.15) is 5.56 Å². The minimum absolute atomic E-state index is 0.0240. The molecule has 2 aromatic carbocycles. The standard InChI is InChI=1S/C13H10ClFN2O3S/c14-11-5-9(17(18)19)2-1-8(11)7-21(20)10-3-4-13(16)12(15)6-10/h1-6H,7,16H2. The van der Waals surface area contributed by atoms with E-state index < -0.39 is 21.5 Å². The molecule has 110 valence electrons. The Hall–Kier alpha value is -1.99. The second-order valence-corrected chi connectivity index (χ2v) is 6.06. The molecular formula is C13H10ClFN2O3S. The average molecular weight is 329 g/mol. The van der Waals surface area contributed by atoms with Gasteiger partial charge >= 0.3 is 0 Å². The van der Waals surface area contributed by atoms with E-state index in [4.69, 9.17) is 17.3 Å². The predicted molar refractivity (Wildman–Crippen MR) is 79.0 cm³/mol. The van der Waals surface area contributed by atoms with Gasteiger partial charge in [-0.05, 0) is 29.8 Å². The molecule has 1 atom stereocenters. The van der Waals surface area contributed by atoms with Gasteiger partial charge in [0.1, 0.15) is 5.82 Å². The Morgan fingerprint density at radius 2 is 2.00 bits per heavy atom. The smallest absolute Gasteiger partial charge is 0.270 e. The molecule has 0 aliphatic carbocycles. The molecule has 0 spiro atoms. The van der Waals surface area contributed by atoms with Crippen LogP contribution >= 0.6 is 11.6 Å². The van der Waals surface area contributed by atoms with E-state index in [9.17, 15) is 18.7 Å². The molecule has 8 heteroatoms. The summed E-state index contributed by atoms with van der Waals surface area (Å²) in [5.74, 6) is -0.615. The third-order valence-electron chi connectivity index (χ3n) is 2.77. The van der Waals surface area contributed by atoms with Gasteiger partial charge in [-0.2, -0.15) is 0 Å². The van der Waals surface area contributed by atoms with Gasteiger partial charge in [0.05, 0.1) is 32.2 Å². The van der Waals surface area contributed by atoms with Crippen molar-refractivity contribution in [1.82, 2.24) is 0 Å². The highest BCUT2D eigenvalue weighted by atomic mass is 35.5. The Bertz CT molecular complexity index is 739. The number of nitrogens with two attached hydrogens (primary N) is 1. The van der Waals surface area contributed by atoms with E-state index >= 15 is 0 Å². The largest absolute Gasteiger partial charge is 0.396 e. The summed E-state index contributed by atoms with van der Waals surface area (Å²) < 4.78 is 25.5. The Balaban J connectivity index is 2.23. The predicted octanol–water partition coefficient (Wildman–Crippen LogP) is 3.28. The number of benzene rings is 2. The summed E-state index contributed by atoms with van der Waals surface area (Å²) in [5.41, 5.74) is 5.67. The third-order valence-corrected chi connectivity index (χ3v) is 4.47. The van der Waals surface area contributed by atoms with Crippen LogP contribution in [0.3, 0.4) is 0 Å². The maximum Gasteiger partial charge on any atom is 0.270 e. The summed E-state index contributed by atoms with van der Waals surface area (Å²) in [4.78, 5) is 10.3. The number of nitro benzene ring substituents is 1. The van der Waals surface area contributed by atoms with Crippen LogP contribution in [0.15, 0.2) is 41.3 Å². The van der Waals surface area contributed by atoms with Gasteiger partial charge in [0, 0.05) is 17.0 Å². The molecule has 0 aromatic heterocycles. The number of hydrogen-bond donors (Lipinski definition) is 1. The van der Waals surface area contributed by atoms with Crippen LogP contribution in [0.4, 0.5) is 15.8 Å². The molecule has 5 nitrogen and oxygen atoms in total. The van der Waals surface area contributed by atoms with Crippen molar-refractivity contribution in [2.75, 3.05) is 5.73 Å². The molecule has 0 saturated heterocycles. The summed E-state index contributed by atoms with van der Waals surface area (Å²) in [6.07, 6.45) is 0. The Labute approximate surface area is 127 Å². The van der Waals surface area contributed by atoms with E-state index in [0.717, 1.165) is 6.07 Å². The molecule has 2 aromatic rings. The minimum Gasteiger partial charge on any atom is -0.396 e. The van der Waals surface area contributed by atoms with Gasteiger partial charge in [0.25, 0.3) is 5.69 Å². The van der Waals surface area contributed by atoms with Crippen LogP contribution in [0.25, 0.3) is 0 Å². The molecule has 0 amide bonds. The van der Waals surface area contributed by atoms with Gasteiger partial charge in [-0.3, -0.25) is 14.3 Å². The SMILES string of the molecule is Nc1ccc(S(=O)Cc2ccc([N+](=O)[O-])cc2Cl)cc1F. The van der Waals surface area contributed by atoms with Crippen LogP contribution in [0.2, 0.25) is 5.02 Å². The van der Waals surface area contributed by atoms with Crippen molar-refractivity contribution >= 4 is 33.8 Å². The molecule has 1 unspecified atom stereocenters. The summed E-state index contributed by atoms with van der Waals surface area (Å²) >= 11 is 5.93. The first-order valence-corrected chi connectivity index (χ1v) is 7.44. The van der Waals surface area contributed by atoms with Gasteiger partial charge in [-0.15, -0.1) is 0 Å². The molecule has 0 aliphatic heterocycles. The van der Waals surface area contributed by atoms with Gasteiger partial charge in [-0.25, -0.2) is 4.39 Å². The second kappa shape index (κ2) is 6.19. The molecule has 21 heavy (non-hydrogen) atoms. The summed E-state index contributed by atoms with van der Waals surface area (Å²) in [7, 11) is -1.53. The zero-order valence-electron chi connectivity index (χ0n) is 10.6. The quantitative estimate of drug-likeness (QED) is 0.530. The first-order chi connectivity index (χ1) is 9.88. The fourth-order valence-corrected chi connectivity index (χ4v) is 3.12. The lowest BCUT2D eigenvalue weighted by molar-refractivity contribution is -0.384. The normalized spacial score (nSPS) is 12.1. The molecule has 0 radical (unpaired) electrons. The van der Waals surface area contributed by atoms with E-state index in [0.29, 0.717) is 5.56 Å². The van der Waals surface area contributed by atoms with Crippen molar-refractivity contribution in [3.63, 3.8) is 0 Å². The van der Waals surface area contributed by atoms with Crippen LogP contribution in [-0.2, 0) is 16.6 Å². The fourth-order valence-electron chi connectivity index (χ4n) is 1.64. The Morgan fingerprint density at radius 1 is 1.29 bits per heavy atom. The fraction of sp³-hybridized carbons (Fsp3) is 0.0769. The zero-order chi connectivity index (χ0) is 15.6. The molecule has 0 saturated carbocycles. The van der Waals surface area contributed by atoms with Gasteiger partial charge < -0.3 is 5.73 Å². The minimum atomic E-state index is -1.53. The highest BCUT2D eigenvalue weighted by Crippen LogP contribution is 2.25. The number of nitrogen functional groups attached to an aromatic ring is 1. The van der Waals surface area contributed by atoms with E-state index in [1.165, 1.54) is 30.3 Å². The van der Waals surface area contributed by atoms with Crippen LogP contribution in [-0.4, -0.2) is 9.13 Å². The van der Waals surface area contributed by atoms with Crippen molar-refractivity contribution in [2.45, 2.75) is 10.6 Å². The first kappa shape index (κ1) is 15.4. The number of non-ortho nitro benzene ring substituents is 1. The Kier molecular flexibility index (Phi) is 4.54. The number of hydrogen-bond acceptors (Lipinski definition) is 4. The first-order valence-electron chi connectivity index (χ1n) is 5.74. The van der Waals surface area contributed by atoms with Crippen molar-refractivity contribution in [3.8, 4) is 0 Å². The maximum absolute atomic E-state index is 13.3. The van der Waals surface area contributed by atoms with E-state index in [2.05, 4.69) is 0 Å². The lowest BCUT2D eigenvalue weighted by atomic mass is 10.2. The Morgan fingerprint density at radius 3 is 2.57 bits per heavy atom.